The molecule has 0 saturated heterocycles. The van der Waals surface area contributed by atoms with Crippen molar-refractivity contribution in [1.29, 1.82) is 0 Å². The smallest absolute Gasteiger partial charge is 0.427 e. The molecule has 0 aliphatic carbocycles. The Morgan fingerprint density at radius 1 is 1.14 bits per heavy atom. The van der Waals surface area contributed by atoms with Crippen molar-refractivity contribution >= 4 is 32.7 Å². The number of nitrogens with two attached hydrogens (primary N) is 2. The predicted molar refractivity (Wildman–Crippen MR) is 74.7 cm³/mol. The summed E-state index contributed by atoms with van der Waals surface area (Å²) < 4.78 is 32.8. The molecule has 0 fully saturated rings. The van der Waals surface area contributed by atoms with E-state index in [-0.39, 0.29) is 22.5 Å². The monoisotopic (exact) mass is 323 g/mol. The van der Waals surface area contributed by atoms with Crippen molar-refractivity contribution in [2.75, 3.05) is 5.73 Å². The van der Waals surface area contributed by atoms with E-state index in [9.17, 15) is 18.0 Å². The SMILES string of the molecule is Nc1cccc2c1oc(=O)n2C(=O)c1ccc(S(N)(=O)=O)o1. The quantitative estimate of drug-likeness (QED) is 0.634. The zero-order valence-electron chi connectivity index (χ0n) is 10.8. The fourth-order valence-corrected chi connectivity index (χ4v) is 2.41. The lowest BCUT2D eigenvalue weighted by Gasteiger charge is -1.98. The average molecular weight is 323 g/mol. The number of carbonyl (C=O) groups is 1. The van der Waals surface area contributed by atoms with Gasteiger partial charge < -0.3 is 14.6 Å². The highest BCUT2D eigenvalue weighted by Gasteiger charge is 2.23. The number of sulfonamides is 1. The van der Waals surface area contributed by atoms with Crippen molar-refractivity contribution in [3.8, 4) is 0 Å². The molecular formula is C12H9N3O6S. The number of benzene rings is 1. The number of furan rings is 1. The van der Waals surface area contributed by atoms with Gasteiger partial charge in [-0.05, 0) is 24.3 Å². The van der Waals surface area contributed by atoms with Crippen molar-refractivity contribution in [2.45, 2.75) is 5.09 Å². The molecule has 0 spiro atoms. The summed E-state index contributed by atoms with van der Waals surface area (Å²) in [6, 6.07) is 6.61. The first-order valence-electron chi connectivity index (χ1n) is 5.86. The molecule has 114 valence electrons. The summed E-state index contributed by atoms with van der Waals surface area (Å²) in [5.74, 6) is -2.24. The van der Waals surface area contributed by atoms with Gasteiger partial charge in [-0.2, -0.15) is 0 Å². The molecule has 22 heavy (non-hydrogen) atoms. The summed E-state index contributed by atoms with van der Waals surface area (Å²) in [5, 5.41) is 4.31. The number of nitrogen functional groups attached to an aromatic ring is 1. The maximum Gasteiger partial charge on any atom is 0.427 e. The largest absolute Gasteiger partial charge is 0.438 e. The van der Waals surface area contributed by atoms with Crippen LogP contribution in [-0.2, 0) is 10.0 Å². The van der Waals surface area contributed by atoms with Crippen LogP contribution in [0, 0.1) is 0 Å². The van der Waals surface area contributed by atoms with Crippen LogP contribution >= 0.6 is 0 Å². The molecule has 0 atom stereocenters. The number of anilines is 1. The number of para-hydroxylation sites is 1. The van der Waals surface area contributed by atoms with Crippen LogP contribution in [0.5, 0.6) is 0 Å². The van der Waals surface area contributed by atoms with Crippen molar-refractivity contribution < 1.29 is 22.0 Å². The van der Waals surface area contributed by atoms with Crippen LogP contribution in [-0.4, -0.2) is 18.9 Å². The highest BCUT2D eigenvalue weighted by molar-refractivity contribution is 7.89. The van der Waals surface area contributed by atoms with Crippen LogP contribution in [0.4, 0.5) is 5.69 Å². The number of nitrogens with zero attached hydrogens (tertiary/aromatic N) is 1. The molecule has 0 radical (unpaired) electrons. The highest BCUT2D eigenvalue weighted by Crippen LogP contribution is 2.21. The van der Waals surface area contributed by atoms with Crippen LogP contribution in [0.25, 0.3) is 11.1 Å². The molecular weight excluding hydrogens is 314 g/mol. The number of aromatic nitrogens is 1. The third-order valence-electron chi connectivity index (χ3n) is 2.91. The lowest BCUT2D eigenvalue weighted by molar-refractivity contribution is 0.0923. The standard InChI is InChI=1S/C12H9N3O6S/c13-6-2-1-3-7-10(6)21-12(17)15(7)11(16)8-4-5-9(20-8)22(14,18)19/h1-5H,13H2,(H2,14,18,19). The van der Waals surface area contributed by atoms with Crippen molar-refractivity contribution in [2.24, 2.45) is 5.14 Å². The minimum atomic E-state index is -4.09. The third kappa shape index (κ3) is 2.10. The second-order valence-corrected chi connectivity index (χ2v) is 5.86. The van der Waals surface area contributed by atoms with E-state index in [2.05, 4.69) is 0 Å². The molecule has 1 aromatic carbocycles. The lowest BCUT2D eigenvalue weighted by atomic mass is 10.3. The maximum absolute atomic E-state index is 12.3. The van der Waals surface area contributed by atoms with Crippen LogP contribution in [0.15, 0.2) is 49.1 Å². The first-order valence-corrected chi connectivity index (χ1v) is 7.41. The Hall–Kier alpha value is -2.85. The number of hydrogen-bond acceptors (Lipinski definition) is 7. The minimum Gasteiger partial charge on any atom is -0.438 e. The van der Waals surface area contributed by atoms with Gasteiger partial charge in [-0.15, -0.1) is 0 Å². The molecule has 2 heterocycles. The van der Waals surface area contributed by atoms with E-state index in [4.69, 9.17) is 19.7 Å². The molecule has 9 nitrogen and oxygen atoms in total. The van der Waals surface area contributed by atoms with E-state index in [0.29, 0.717) is 4.57 Å². The summed E-state index contributed by atoms with van der Waals surface area (Å²) in [7, 11) is -4.09. The zero-order chi connectivity index (χ0) is 16.1. The van der Waals surface area contributed by atoms with Gasteiger partial charge in [-0.1, -0.05) is 6.07 Å². The number of fused-ring (bicyclic) bond motifs is 1. The average Bonchev–Trinajstić information content (AvgIpc) is 3.02. The summed E-state index contributed by atoms with van der Waals surface area (Å²) in [6.45, 7) is 0. The molecule has 0 unspecified atom stereocenters. The van der Waals surface area contributed by atoms with Crippen molar-refractivity contribution in [1.82, 2.24) is 4.57 Å². The summed E-state index contributed by atoms with van der Waals surface area (Å²) in [6.07, 6.45) is 0. The molecule has 0 bridgehead atoms. The molecule has 0 aliphatic heterocycles. The van der Waals surface area contributed by atoms with E-state index >= 15 is 0 Å². The molecule has 4 N–H and O–H groups in total. The number of oxazole rings is 1. The normalized spacial score (nSPS) is 11.9. The topological polar surface area (TPSA) is 152 Å². The van der Waals surface area contributed by atoms with Gasteiger partial charge in [0.25, 0.3) is 10.0 Å². The van der Waals surface area contributed by atoms with E-state index in [1.165, 1.54) is 18.2 Å². The lowest BCUT2D eigenvalue weighted by Crippen LogP contribution is -2.22. The van der Waals surface area contributed by atoms with Crippen LogP contribution < -0.4 is 16.6 Å². The second kappa shape index (κ2) is 4.58. The van der Waals surface area contributed by atoms with E-state index in [1.54, 1.807) is 0 Å². The number of hydrogen-bond donors (Lipinski definition) is 2. The molecule has 0 aliphatic rings. The first-order chi connectivity index (χ1) is 10.3. The summed E-state index contributed by atoms with van der Waals surface area (Å²) in [4.78, 5) is 24.2. The fraction of sp³-hybridized carbons (Fsp3) is 0. The van der Waals surface area contributed by atoms with E-state index in [0.717, 1.165) is 12.1 Å². The van der Waals surface area contributed by atoms with E-state index < -0.39 is 26.8 Å². The third-order valence-corrected chi connectivity index (χ3v) is 3.69. The maximum atomic E-state index is 12.3. The highest BCUT2D eigenvalue weighted by atomic mass is 32.2. The molecule has 0 saturated carbocycles. The Morgan fingerprint density at radius 3 is 2.50 bits per heavy atom. The van der Waals surface area contributed by atoms with E-state index in [1.807, 2.05) is 0 Å². The number of carbonyl (C=O) groups excluding carboxylic acids is 1. The Bertz CT molecular complexity index is 1060. The van der Waals surface area contributed by atoms with Crippen LogP contribution in [0.2, 0.25) is 0 Å². The van der Waals surface area contributed by atoms with Gasteiger partial charge in [0.2, 0.25) is 5.09 Å². The predicted octanol–water partition coefficient (Wildman–Crippen LogP) is 0.106. The van der Waals surface area contributed by atoms with Gasteiger partial charge in [0.15, 0.2) is 11.3 Å². The van der Waals surface area contributed by atoms with Gasteiger partial charge in [0.05, 0.1) is 5.69 Å². The molecule has 3 rings (SSSR count). The van der Waals surface area contributed by atoms with Crippen LogP contribution in [0.3, 0.4) is 0 Å². The van der Waals surface area contributed by atoms with Gasteiger partial charge in [0, 0.05) is 0 Å². The Labute approximate surface area is 122 Å². The number of rotatable bonds is 2. The van der Waals surface area contributed by atoms with Gasteiger partial charge >= 0.3 is 11.7 Å². The minimum absolute atomic E-state index is 0.0547. The van der Waals surface area contributed by atoms with Crippen molar-refractivity contribution in [3.63, 3.8) is 0 Å². The molecule has 10 heteroatoms. The summed E-state index contributed by atoms with van der Waals surface area (Å²) in [5.41, 5.74) is 6.04. The van der Waals surface area contributed by atoms with Crippen molar-refractivity contribution in [3.05, 3.63) is 46.6 Å². The van der Waals surface area contributed by atoms with Gasteiger partial charge in [-0.25, -0.2) is 22.9 Å². The summed E-state index contributed by atoms with van der Waals surface area (Å²) >= 11 is 0. The Kier molecular flexibility index (Phi) is 2.93. The molecule has 0 amide bonds. The fourth-order valence-electron chi connectivity index (χ4n) is 1.95. The molecule has 2 aromatic heterocycles. The number of primary sulfonamides is 1. The second-order valence-electron chi connectivity index (χ2n) is 4.37. The first kappa shape index (κ1) is 14.1. The van der Waals surface area contributed by atoms with Gasteiger partial charge in [0.1, 0.15) is 5.52 Å². The van der Waals surface area contributed by atoms with Crippen LogP contribution in [0.1, 0.15) is 10.6 Å². The Balaban J connectivity index is 2.18. The zero-order valence-corrected chi connectivity index (χ0v) is 11.7. The van der Waals surface area contributed by atoms with Gasteiger partial charge in [-0.3, -0.25) is 4.79 Å². The molecule has 3 aromatic rings. The Morgan fingerprint density at radius 2 is 1.86 bits per heavy atom.